The molecule has 0 bridgehead atoms. The first-order valence-corrected chi connectivity index (χ1v) is 33.2. The summed E-state index contributed by atoms with van der Waals surface area (Å²) in [5.41, 5.74) is 16.1. The molecule has 1 aromatic heterocycles. The van der Waals surface area contributed by atoms with E-state index in [0.717, 1.165) is 48.6 Å². The number of carbonyl (C=O) groups excluding carboxylic acids is 9. The smallest absolute Gasteiger partial charge is 0.408 e. The van der Waals surface area contributed by atoms with Gasteiger partial charge in [0.25, 0.3) is 0 Å². The number of nitrogens with one attached hydrogen (secondary N) is 5. The van der Waals surface area contributed by atoms with Crippen molar-refractivity contribution in [3.63, 3.8) is 0 Å². The van der Waals surface area contributed by atoms with Gasteiger partial charge in [0.2, 0.25) is 29.5 Å². The van der Waals surface area contributed by atoms with Crippen LogP contribution in [0.5, 0.6) is 0 Å². The molecule has 2 unspecified atom stereocenters. The lowest BCUT2D eigenvalue weighted by Gasteiger charge is -2.28. The summed E-state index contributed by atoms with van der Waals surface area (Å²) in [6.45, 7) is 26.2. The topological polar surface area (TPSA) is 480 Å². The van der Waals surface area contributed by atoms with Crippen molar-refractivity contribution in [2.45, 2.75) is 164 Å². The Hall–Kier alpha value is -8.89. The van der Waals surface area contributed by atoms with Gasteiger partial charge in [-0.25, -0.2) is 24.4 Å². The molecule has 0 saturated heterocycles. The molecule has 4 aromatic rings. The van der Waals surface area contributed by atoms with Crippen molar-refractivity contribution in [1.29, 1.82) is 0 Å². The Bertz CT molecular complexity index is 2970. The summed E-state index contributed by atoms with van der Waals surface area (Å²) in [5, 5.41) is 36.6. The second kappa shape index (κ2) is 56.2. The van der Waals surface area contributed by atoms with Crippen LogP contribution in [-0.2, 0) is 70.5 Å². The average Bonchev–Trinajstić information content (AvgIpc) is 1.71. The number of nitrogens with zero attached hydrogens (tertiary/aromatic N) is 7. The maximum atomic E-state index is 12.5. The Morgan fingerprint density at radius 3 is 1.48 bits per heavy atom. The molecular formula is C65H108IN15O17. The Morgan fingerprint density at radius 1 is 0.653 bits per heavy atom. The third-order valence-corrected chi connectivity index (χ3v) is 11.5. The van der Waals surface area contributed by atoms with Crippen LogP contribution in [0.4, 0.5) is 9.59 Å². The molecule has 32 nitrogen and oxygen atoms in total. The van der Waals surface area contributed by atoms with Gasteiger partial charge in [-0.15, -0.1) is 5.10 Å². The van der Waals surface area contributed by atoms with E-state index >= 15 is 0 Å². The predicted octanol–water partition coefficient (Wildman–Crippen LogP) is 4.31. The first-order valence-electron chi connectivity index (χ1n) is 31.1. The number of rotatable bonds is 29. The zero-order chi connectivity index (χ0) is 74.5. The maximum absolute atomic E-state index is 12.5. The molecule has 33 heteroatoms. The van der Waals surface area contributed by atoms with E-state index in [9.17, 15) is 47.9 Å². The second-order valence-electron chi connectivity index (χ2n) is 23.1. The van der Waals surface area contributed by atoms with Crippen LogP contribution in [0.25, 0.3) is 11.0 Å². The minimum Gasteiger partial charge on any atom is -0.480 e. The van der Waals surface area contributed by atoms with Crippen LogP contribution >= 0.6 is 22.6 Å². The molecule has 3 aromatic carbocycles. The molecule has 15 N–H and O–H groups in total. The predicted molar refractivity (Wildman–Crippen MR) is 381 cm³/mol. The van der Waals surface area contributed by atoms with Gasteiger partial charge in [0.15, 0.2) is 0 Å². The molecule has 0 aliphatic heterocycles. The maximum Gasteiger partial charge on any atom is 0.408 e. The lowest BCUT2D eigenvalue weighted by Crippen LogP contribution is -2.49. The molecule has 552 valence electrons. The van der Waals surface area contributed by atoms with Crippen molar-refractivity contribution < 1.29 is 82.7 Å². The number of hydrogen-bond acceptors (Lipinski definition) is 22. The number of carbonyl (C=O) groups is 10. The van der Waals surface area contributed by atoms with Gasteiger partial charge in [-0.3, -0.25) is 38.5 Å². The number of alkyl halides is 1. The molecule has 0 saturated carbocycles. The van der Waals surface area contributed by atoms with Gasteiger partial charge < -0.3 is 83.4 Å². The molecule has 98 heavy (non-hydrogen) atoms. The second-order valence-corrected chi connectivity index (χ2v) is 23.1. The molecule has 4 rings (SSSR count). The molecule has 0 aliphatic rings. The molecule has 0 spiro atoms. The number of carboxylic acids is 1. The van der Waals surface area contributed by atoms with E-state index in [2.05, 4.69) is 134 Å². The van der Waals surface area contributed by atoms with Gasteiger partial charge in [0.1, 0.15) is 47.5 Å². The van der Waals surface area contributed by atoms with Gasteiger partial charge in [0.05, 0.1) is 38.7 Å². The molecule has 7 amide bonds. The monoisotopic (exact) mass is 1500 g/mol. The number of halogens is 1. The standard InChI is InChI=1S/C21H30N4O7.C17H23NO6.C8H17N3.C8H19N.C6H5N3O.C4H9N3O2.CH3I.H2O/c1-21(2,3)32-18(28)10-9-15(19(29)24-12-17(27)23-11-16(22)26)25-20(30)31-13-14-7-5-4-6-8-14;1-17(2,3)24-14(19)10-9-13(15(20)21)18-16(22)23-11-12-7-5-4-6-8-12;1-4-9-8-10-6-5-7-11(2)3;1-6-9(7(2)3)8(4)5;10-9-6-4-2-1-3-5(6)7-8-9;5-1-4(9)7-2-3(6)8;1-2;/h4-8,15H,9-13H2,1-3H3,(H2,22,26)(H,23,27)(H,24,29)(H,25,30);4-8,13H,9-11H2,1-3H3,(H,18,22)(H,20,21);4-7H2,1-3H3;7-8H,6H2,1-5H3;1-4,10H;1-2,5H2,(H2,6,8)(H,7,9);1H3;1H2. The van der Waals surface area contributed by atoms with Gasteiger partial charge in [-0.1, -0.05) is 107 Å². The van der Waals surface area contributed by atoms with E-state index in [1.54, 1.807) is 102 Å². The molecule has 0 radical (unpaired) electrons. The highest BCUT2D eigenvalue weighted by atomic mass is 127. The quantitative estimate of drug-likeness (QED) is 0.00688. The Balaban J connectivity index is -0.000000582. The van der Waals surface area contributed by atoms with Crippen LogP contribution in [0.1, 0.15) is 126 Å². The van der Waals surface area contributed by atoms with Crippen molar-refractivity contribution in [3.05, 3.63) is 96.1 Å². The number of aromatic nitrogens is 3. The number of alkyl carbamates (subject to hydrolysis) is 2. The zero-order valence-corrected chi connectivity index (χ0v) is 61.5. The number of carboxylic acid groups (broad SMARTS) is 1. The number of esters is 2. The van der Waals surface area contributed by atoms with Crippen molar-refractivity contribution in [3.8, 4) is 0 Å². The van der Waals surface area contributed by atoms with E-state index in [0.29, 0.717) is 23.1 Å². The number of nitrogens with two attached hydrogens (primary N) is 3. The minimum absolute atomic E-state index is 0. The fourth-order valence-corrected chi connectivity index (χ4v) is 7.27. The van der Waals surface area contributed by atoms with Crippen molar-refractivity contribution >= 4 is 99.3 Å². The van der Waals surface area contributed by atoms with Crippen LogP contribution in [0, 0.1) is 0 Å². The number of para-hydroxylation sites is 1. The number of primary amides is 2. The van der Waals surface area contributed by atoms with Gasteiger partial charge >= 0.3 is 30.1 Å². The first-order chi connectivity index (χ1) is 45.5. The number of amides is 7. The number of aliphatic imine (C=N–C) groups is 2. The average molecular weight is 1500 g/mol. The lowest BCUT2D eigenvalue weighted by molar-refractivity contribution is -0.156. The van der Waals surface area contributed by atoms with E-state index < -0.39 is 83.6 Å². The summed E-state index contributed by atoms with van der Waals surface area (Å²) >= 11 is 2.15. The Labute approximate surface area is 589 Å². The number of fused-ring (bicyclic) bond motifs is 1. The highest BCUT2D eigenvalue weighted by molar-refractivity contribution is 14.1. The summed E-state index contributed by atoms with van der Waals surface area (Å²) < 4.78 is 20.4. The minimum atomic E-state index is -1.24. The summed E-state index contributed by atoms with van der Waals surface area (Å²) in [6, 6.07) is 26.8. The normalized spacial score (nSPS) is 10.8. The highest BCUT2D eigenvalue weighted by Gasteiger charge is 2.26. The summed E-state index contributed by atoms with van der Waals surface area (Å²) in [6.07, 6.45) is -1.06. The van der Waals surface area contributed by atoms with Crippen LogP contribution < -0.4 is 43.8 Å². The lowest BCUT2D eigenvalue weighted by atomic mass is 10.1. The summed E-state index contributed by atoms with van der Waals surface area (Å²) in [4.78, 5) is 129. The third kappa shape index (κ3) is 55.3. The molecule has 0 fully saturated rings. The fourth-order valence-electron chi connectivity index (χ4n) is 7.27. The number of benzene rings is 3. The van der Waals surface area contributed by atoms with E-state index in [1.807, 2.05) is 36.1 Å². The Morgan fingerprint density at radius 2 is 1.09 bits per heavy atom. The first kappa shape index (κ1) is 95.5. The van der Waals surface area contributed by atoms with Gasteiger partial charge in [-0.05, 0) is 156 Å². The van der Waals surface area contributed by atoms with Crippen molar-refractivity contribution in [2.24, 2.45) is 27.2 Å². The summed E-state index contributed by atoms with van der Waals surface area (Å²) in [7, 11) is 4.12. The SMILES string of the molecule is CC(C)(C)OC(=O)CCC(NC(=O)OCc1ccccc1)C(=O)NCC(=O)NCC(N)=O.CC(C)(C)OC(=O)CCC(NC(=O)OCc1ccccc1)C(=O)O.CCN(C(C)C)C(C)C.CCN=C=NCCCN(C)C.CI.NCC(=O)NCC(N)=O.O.On1nnc2ccccc21. The molecule has 1 heterocycles. The zero-order valence-electron chi connectivity index (χ0n) is 59.3. The number of hydrogen-bond donors (Lipinski definition) is 10. The van der Waals surface area contributed by atoms with Crippen LogP contribution in [0.15, 0.2) is 94.9 Å². The fraction of sp³-hybridized carbons (Fsp3) is 0.554. The van der Waals surface area contributed by atoms with E-state index in [4.69, 9.17) is 46.5 Å². The van der Waals surface area contributed by atoms with Crippen LogP contribution in [0.2, 0.25) is 0 Å². The third-order valence-electron chi connectivity index (χ3n) is 11.5. The summed E-state index contributed by atoms with van der Waals surface area (Å²) in [5.74, 6) is -5.35. The van der Waals surface area contributed by atoms with Gasteiger partial charge in [-0.2, -0.15) is 0 Å². The van der Waals surface area contributed by atoms with E-state index in [-0.39, 0.29) is 69.9 Å². The molecule has 0 aliphatic carbocycles. The van der Waals surface area contributed by atoms with Gasteiger partial charge in [0, 0.05) is 31.5 Å². The number of aliphatic carboxylic acids is 1. The van der Waals surface area contributed by atoms with Crippen molar-refractivity contribution in [1.82, 2.24) is 51.5 Å². The Kier molecular flexibility index (Phi) is 54.7. The van der Waals surface area contributed by atoms with E-state index in [1.165, 1.54) is 0 Å². The van der Waals surface area contributed by atoms with Crippen molar-refractivity contribution in [2.75, 3.05) is 71.4 Å². The van der Waals surface area contributed by atoms with Crippen LogP contribution in [-0.4, -0.2) is 213 Å². The number of ether oxygens (including phenoxy) is 4. The highest BCUT2D eigenvalue weighted by Crippen LogP contribution is 2.13. The molecular weight excluding hydrogens is 1390 g/mol. The van der Waals surface area contributed by atoms with Crippen LogP contribution in [0.3, 0.4) is 0 Å². The molecule has 2 atom stereocenters. The largest absolute Gasteiger partial charge is 0.480 e.